The summed E-state index contributed by atoms with van der Waals surface area (Å²) >= 11 is 0. The molecule has 54 heavy (non-hydrogen) atoms. The van der Waals surface area contributed by atoms with Crippen LogP contribution in [0.3, 0.4) is 0 Å². The van der Waals surface area contributed by atoms with Crippen molar-refractivity contribution in [3.8, 4) is 66.8 Å². The summed E-state index contributed by atoms with van der Waals surface area (Å²) in [6, 6.07) is 67.7. The Morgan fingerprint density at radius 2 is 0.704 bits per heavy atom. The third-order valence-corrected chi connectivity index (χ3v) is 11.8. The maximum absolute atomic E-state index is 2.46. The fourth-order valence-corrected chi connectivity index (χ4v) is 9.09. The average molecular weight is 689 g/mol. The lowest BCUT2D eigenvalue weighted by Crippen LogP contribution is -1.93. The molecule has 0 aliphatic heterocycles. The monoisotopic (exact) mass is 688 g/mol. The second-order valence-corrected chi connectivity index (χ2v) is 15.0. The highest BCUT2D eigenvalue weighted by atomic mass is 14.3. The first-order valence-electron chi connectivity index (χ1n) is 19.1. The van der Waals surface area contributed by atoms with Gasteiger partial charge in [0.1, 0.15) is 0 Å². The van der Waals surface area contributed by atoms with E-state index in [2.05, 4.69) is 203 Å². The molecule has 0 heteroatoms. The summed E-state index contributed by atoms with van der Waals surface area (Å²) in [6.07, 6.45) is 0. The second-order valence-electron chi connectivity index (χ2n) is 15.0. The van der Waals surface area contributed by atoms with Crippen molar-refractivity contribution in [1.82, 2.24) is 0 Å². The highest BCUT2D eigenvalue weighted by Gasteiger charge is 2.26. The number of hydrogen-bond acceptors (Lipinski definition) is 0. The topological polar surface area (TPSA) is 0 Å². The van der Waals surface area contributed by atoms with Gasteiger partial charge in [-0.15, -0.1) is 0 Å². The Labute approximate surface area is 318 Å². The van der Waals surface area contributed by atoms with Gasteiger partial charge in [0.05, 0.1) is 0 Å². The van der Waals surface area contributed by atoms with Crippen LogP contribution in [0.2, 0.25) is 0 Å². The van der Waals surface area contributed by atoms with Crippen LogP contribution in [0.25, 0.3) is 88.3 Å². The summed E-state index contributed by atoms with van der Waals surface area (Å²) in [5.41, 5.74) is 20.7. The first kappa shape index (κ1) is 32.2. The molecular formula is C54H40. The Hall–Kier alpha value is -6.50. The summed E-state index contributed by atoms with van der Waals surface area (Å²) in [5.74, 6) is 0.372. The standard InChI is InChI=1S/C54H40/c1-34-14-4-6-16-43(34)41-30-40(31-42(32-41)44-17-7-5-15-35(44)2)37-24-26-38(27-25-37)53-48-20-10-12-22-50(48)54(51-23-13-11-21-49(51)53)39-28-29-47-46-19-9-8-18-45(46)36(3)52(47)33-39/h4-33,36H,1-3H3. The van der Waals surface area contributed by atoms with E-state index in [-0.39, 0.29) is 0 Å². The van der Waals surface area contributed by atoms with Gasteiger partial charge in [0.25, 0.3) is 0 Å². The molecule has 9 aromatic carbocycles. The van der Waals surface area contributed by atoms with E-state index in [1.807, 2.05) is 0 Å². The van der Waals surface area contributed by atoms with Gasteiger partial charge < -0.3 is 0 Å². The highest BCUT2D eigenvalue weighted by molar-refractivity contribution is 6.21. The number of rotatable bonds is 5. The van der Waals surface area contributed by atoms with Crippen molar-refractivity contribution in [3.63, 3.8) is 0 Å². The maximum Gasteiger partial charge on any atom is 0.00735 e. The Balaban J connectivity index is 1.12. The van der Waals surface area contributed by atoms with Gasteiger partial charge >= 0.3 is 0 Å². The normalized spacial score (nSPS) is 13.3. The van der Waals surface area contributed by atoms with Gasteiger partial charge in [-0.25, -0.2) is 0 Å². The third-order valence-electron chi connectivity index (χ3n) is 11.8. The number of hydrogen-bond donors (Lipinski definition) is 0. The zero-order valence-electron chi connectivity index (χ0n) is 30.9. The van der Waals surface area contributed by atoms with Crippen LogP contribution in [-0.4, -0.2) is 0 Å². The lowest BCUT2D eigenvalue weighted by molar-refractivity contribution is 0.957. The molecule has 0 heterocycles. The first-order chi connectivity index (χ1) is 26.5. The van der Waals surface area contributed by atoms with Crippen LogP contribution in [-0.2, 0) is 0 Å². The number of aryl methyl sites for hydroxylation is 2. The van der Waals surface area contributed by atoms with Gasteiger partial charge in [-0.2, -0.15) is 0 Å². The van der Waals surface area contributed by atoms with Gasteiger partial charge in [0.2, 0.25) is 0 Å². The molecule has 9 aromatic rings. The van der Waals surface area contributed by atoms with E-state index in [0.29, 0.717) is 5.92 Å². The van der Waals surface area contributed by atoms with E-state index < -0.39 is 0 Å². The van der Waals surface area contributed by atoms with Gasteiger partial charge in [-0.3, -0.25) is 0 Å². The van der Waals surface area contributed by atoms with Gasteiger partial charge in [0.15, 0.2) is 0 Å². The zero-order chi connectivity index (χ0) is 36.3. The highest BCUT2D eigenvalue weighted by Crippen LogP contribution is 2.49. The molecule has 10 rings (SSSR count). The smallest absolute Gasteiger partial charge is 0.00735 e. The second kappa shape index (κ2) is 12.9. The minimum absolute atomic E-state index is 0.372. The molecule has 0 radical (unpaired) electrons. The molecule has 0 amide bonds. The van der Waals surface area contributed by atoms with Gasteiger partial charge in [-0.05, 0) is 149 Å². The van der Waals surface area contributed by atoms with Crippen molar-refractivity contribution in [2.75, 3.05) is 0 Å². The zero-order valence-corrected chi connectivity index (χ0v) is 30.9. The summed E-state index contributed by atoms with van der Waals surface area (Å²) < 4.78 is 0. The molecule has 0 nitrogen and oxygen atoms in total. The fourth-order valence-electron chi connectivity index (χ4n) is 9.09. The van der Waals surface area contributed by atoms with E-state index in [1.165, 1.54) is 111 Å². The van der Waals surface area contributed by atoms with Crippen LogP contribution in [0.1, 0.15) is 35.1 Å². The number of benzene rings is 9. The molecule has 0 saturated carbocycles. The maximum atomic E-state index is 2.46. The third kappa shape index (κ3) is 5.21. The Kier molecular flexibility index (Phi) is 7.67. The lowest BCUT2D eigenvalue weighted by Gasteiger charge is -2.19. The largest absolute Gasteiger partial charge is 0.0620 e. The van der Waals surface area contributed by atoms with Gasteiger partial charge in [-0.1, -0.05) is 165 Å². The molecule has 1 atom stereocenters. The minimum Gasteiger partial charge on any atom is -0.0620 e. The predicted molar refractivity (Wildman–Crippen MR) is 231 cm³/mol. The Bertz CT molecular complexity index is 2780. The molecule has 0 N–H and O–H groups in total. The SMILES string of the molecule is Cc1ccccc1-c1cc(-c2ccc(-c3c4ccccc4c(-c4ccc5c(c4)C(C)c4ccccc4-5)c4ccccc34)cc2)cc(-c2ccccc2C)c1. The Morgan fingerprint density at radius 3 is 1.26 bits per heavy atom. The molecule has 0 spiro atoms. The Morgan fingerprint density at radius 1 is 0.296 bits per heavy atom. The van der Waals surface area contributed by atoms with Crippen LogP contribution in [0, 0.1) is 13.8 Å². The van der Waals surface area contributed by atoms with Crippen LogP contribution in [0.15, 0.2) is 182 Å². The number of fused-ring (bicyclic) bond motifs is 5. The van der Waals surface area contributed by atoms with Crippen molar-refractivity contribution in [2.24, 2.45) is 0 Å². The van der Waals surface area contributed by atoms with Crippen molar-refractivity contribution >= 4 is 21.5 Å². The molecule has 1 aliphatic carbocycles. The van der Waals surface area contributed by atoms with E-state index in [9.17, 15) is 0 Å². The lowest BCUT2D eigenvalue weighted by atomic mass is 9.84. The van der Waals surface area contributed by atoms with Crippen LogP contribution in [0.4, 0.5) is 0 Å². The van der Waals surface area contributed by atoms with Crippen LogP contribution >= 0.6 is 0 Å². The van der Waals surface area contributed by atoms with Crippen molar-refractivity contribution in [1.29, 1.82) is 0 Å². The molecule has 0 bridgehead atoms. The molecule has 1 unspecified atom stereocenters. The minimum atomic E-state index is 0.372. The van der Waals surface area contributed by atoms with Crippen molar-refractivity contribution in [2.45, 2.75) is 26.7 Å². The van der Waals surface area contributed by atoms with Gasteiger partial charge in [0, 0.05) is 5.92 Å². The molecule has 1 aliphatic rings. The summed E-state index contributed by atoms with van der Waals surface area (Å²) in [6.45, 7) is 6.75. The summed E-state index contributed by atoms with van der Waals surface area (Å²) in [7, 11) is 0. The quantitative estimate of drug-likeness (QED) is 0.158. The molecule has 0 aromatic heterocycles. The first-order valence-corrected chi connectivity index (χ1v) is 19.1. The van der Waals surface area contributed by atoms with Crippen molar-refractivity contribution < 1.29 is 0 Å². The van der Waals surface area contributed by atoms with Crippen LogP contribution < -0.4 is 0 Å². The van der Waals surface area contributed by atoms with E-state index >= 15 is 0 Å². The van der Waals surface area contributed by atoms with E-state index in [0.717, 1.165) is 0 Å². The summed E-state index contributed by atoms with van der Waals surface area (Å²) in [4.78, 5) is 0. The molecular weight excluding hydrogens is 649 g/mol. The van der Waals surface area contributed by atoms with Crippen LogP contribution in [0.5, 0.6) is 0 Å². The fraction of sp³-hybridized carbons (Fsp3) is 0.0741. The van der Waals surface area contributed by atoms with E-state index in [4.69, 9.17) is 0 Å². The molecule has 0 saturated heterocycles. The predicted octanol–water partition coefficient (Wildman–Crippen LogP) is 15.1. The molecule has 0 fully saturated rings. The van der Waals surface area contributed by atoms with E-state index in [1.54, 1.807) is 0 Å². The van der Waals surface area contributed by atoms with Crippen molar-refractivity contribution in [3.05, 3.63) is 204 Å². The summed E-state index contributed by atoms with van der Waals surface area (Å²) in [5, 5.41) is 5.12. The average Bonchev–Trinajstić information content (AvgIpc) is 3.50. The molecule has 256 valence electrons.